The molecule has 2 rings (SSSR count). The topological polar surface area (TPSA) is 60.2 Å². The van der Waals surface area contributed by atoms with Crippen molar-refractivity contribution in [2.24, 2.45) is 5.73 Å². The van der Waals surface area contributed by atoms with Crippen molar-refractivity contribution < 1.29 is 8.42 Å². The minimum atomic E-state index is -3.39. The van der Waals surface area contributed by atoms with Crippen LogP contribution in [-0.2, 0) is 9.84 Å². The molecule has 0 spiro atoms. The molecule has 0 aliphatic heterocycles. The quantitative estimate of drug-likeness (QED) is 0.944. The summed E-state index contributed by atoms with van der Waals surface area (Å²) in [7, 11) is -3.39. The van der Waals surface area contributed by atoms with E-state index in [9.17, 15) is 8.42 Å². The molecule has 112 valence electrons. The first-order valence-electron chi connectivity index (χ1n) is 6.92. The molecule has 0 fully saturated rings. The van der Waals surface area contributed by atoms with E-state index in [2.05, 4.69) is 0 Å². The Labute approximate surface area is 126 Å². The van der Waals surface area contributed by atoms with Crippen LogP contribution in [0.1, 0.15) is 28.3 Å². The van der Waals surface area contributed by atoms with E-state index in [4.69, 9.17) is 5.73 Å². The van der Waals surface area contributed by atoms with Crippen molar-refractivity contribution in [3.8, 4) is 0 Å². The van der Waals surface area contributed by atoms with E-state index in [1.165, 1.54) is 0 Å². The summed E-state index contributed by atoms with van der Waals surface area (Å²) in [5.74, 6) is -0.0834. The van der Waals surface area contributed by atoms with E-state index < -0.39 is 15.9 Å². The van der Waals surface area contributed by atoms with Crippen molar-refractivity contribution in [1.82, 2.24) is 0 Å². The number of aryl methyl sites for hydroxylation is 3. The Morgan fingerprint density at radius 1 is 0.952 bits per heavy atom. The molecule has 0 saturated carbocycles. The molecule has 0 amide bonds. The van der Waals surface area contributed by atoms with Crippen LogP contribution in [0, 0.1) is 20.8 Å². The second-order valence-corrected chi connectivity index (χ2v) is 7.57. The number of benzene rings is 2. The molecule has 0 bridgehead atoms. The molecular weight excluding hydrogens is 282 g/mol. The molecule has 0 heterocycles. The van der Waals surface area contributed by atoms with Gasteiger partial charge in [0.05, 0.1) is 10.6 Å². The lowest BCUT2D eigenvalue weighted by atomic mass is 10.1. The van der Waals surface area contributed by atoms with Gasteiger partial charge in [-0.05, 0) is 38.0 Å². The van der Waals surface area contributed by atoms with Gasteiger partial charge in [-0.2, -0.15) is 0 Å². The Kier molecular flexibility index (Phi) is 4.49. The summed E-state index contributed by atoms with van der Waals surface area (Å²) in [4.78, 5) is 0.371. The van der Waals surface area contributed by atoms with Crippen LogP contribution in [0.4, 0.5) is 0 Å². The number of nitrogens with two attached hydrogens (primary N) is 1. The summed E-state index contributed by atoms with van der Waals surface area (Å²) in [5.41, 5.74) is 9.86. The van der Waals surface area contributed by atoms with Crippen LogP contribution in [0.25, 0.3) is 0 Å². The monoisotopic (exact) mass is 303 g/mol. The number of hydrogen-bond acceptors (Lipinski definition) is 3. The van der Waals surface area contributed by atoms with Gasteiger partial charge in [-0.1, -0.05) is 47.5 Å². The first-order valence-corrected chi connectivity index (χ1v) is 8.57. The van der Waals surface area contributed by atoms with Crippen molar-refractivity contribution in [1.29, 1.82) is 0 Å². The molecule has 0 aliphatic carbocycles. The maximum absolute atomic E-state index is 12.5. The predicted octanol–water partition coefficient (Wildman–Crippen LogP) is 3.09. The Morgan fingerprint density at radius 2 is 1.52 bits per heavy atom. The first-order chi connectivity index (χ1) is 9.79. The van der Waals surface area contributed by atoms with Crippen LogP contribution in [0.15, 0.2) is 47.4 Å². The van der Waals surface area contributed by atoms with E-state index in [0.717, 1.165) is 22.3 Å². The Morgan fingerprint density at radius 3 is 2.10 bits per heavy atom. The molecule has 0 aliphatic rings. The lowest BCUT2D eigenvalue weighted by Gasteiger charge is -2.14. The number of sulfone groups is 1. The van der Waals surface area contributed by atoms with Gasteiger partial charge in [0.1, 0.15) is 0 Å². The minimum Gasteiger partial charge on any atom is -0.323 e. The van der Waals surface area contributed by atoms with E-state index in [0.29, 0.717) is 4.90 Å². The van der Waals surface area contributed by atoms with Gasteiger partial charge in [-0.25, -0.2) is 8.42 Å². The smallest absolute Gasteiger partial charge is 0.180 e. The van der Waals surface area contributed by atoms with Gasteiger partial charge < -0.3 is 5.73 Å². The zero-order valence-electron chi connectivity index (χ0n) is 12.6. The molecule has 2 aromatic carbocycles. The normalized spacial score (nSPS) is 13.1. The highest BCUT2D eigenvalue weighted by Gasteiger charge is 2.21. The van der Waals surface area contributed by atoms with Crippen molar-refractivity contribution >= 4 is 9.84 Å². The summed E-state index contributed by atoms with van der Waals surface area (Å²) < 4.78 is 25.1. The largest absolute Gasteiger partial charge is 0.323 e. The third-order valence-corrected chi connectivity index (χ3v) is 5.50. The third-order valence-electron chi connectivity index (χ3n) is 3.57. The van der Waals surface area contributed by atoms with E-state index in [1.807, 2.05) is 57.2 Å². The number of hydrogen-bond donors (Lipinski definition) is 1. The highest BCUT2D eigenvalue weighted by Crippen LogP contribution is 2.22. The second-order valence-electron chi connectivity index (χ2n) is 5.57. The fraction of sp³-hybridized carbons (Fsp3) is 0.294. The summed E-state index contributed by atoms with van der Waals surface area (Å²) >= 11 is 0. The van der Waals surface area contributed by atoms with Crippen LogP contribution >= 0.6 is 0 Å². The highest BCUT2D eigenvalue weighted by atomic mass is 32.2. The summed E-state index contributed by atoms with van der Waals surface area (Å²) in [5, 5.41) is 0. The lowest BCUT2D eigenvalue weighted by Crippen LogP contribution is -2.22. The predicted molar refractivity (Wildman–Crippen MR) is 86.1 cm³/mol. The molecule has 0 aromatic heterocycles. The average Bonchev–Trinajstić information content (AvgIpc) is 2.38. The van der Waals surface area contributed by atoms with Gasteiger partial charge in [-0.15, -0.1) is 0 Å². The maximum atomic E-state index is 12.5. The molecule has 4 heteroatoms. The van der Waals surface area contributed by atoms with E-state index in [1.54, 1.807) is 6.07 Å². The van der Waals surface area contributed by atoms with Crippen LogP contribution in [0.2, 0.25) is 0 Å². The summed E-state index contributed by atoms with van der Waals surface area (Å²) in [6, 6.07) is 12.5. The number of rotatable bonds is 4. The zero-order chi connectivity index (χ0) is 15.6. The van der Waals surface area contributed by atoms with Gasteiger partial charge in [0.25, 0.3) is 0 Å². The molecule has 1 atom stereocenters. The highest BCUT2D eigenvalue weighted by molar-refractivity contribution is 7.91. The van der Waals surface area contributed by atoms with Gasteiger partial charge in [0.2, 0.25) is 0 Å². The molecule has 0 radical (unpaired) electrons. The van der Waals surface area contributed by atoms with Crippen LogP contribution < -0.4 is 5.73 Å². The summed E-state index contributed by atoms with van der Waals surface area (Å²) in [6.45, 7) is 5.75. The Hall–Kier alpha value is -1.65. The van der Waals surface area contributed by atoms with Crippen molar-refractivity contribution in [3.05, 3.63) is 64.7 Å². The SMILES string of the molecule is Cc1ccc(C(N)CS(=O)(=O)c2ccc(C)cc2C)cc1. The molecule has 21 heavy (non-hydrogen) atoms. The second kappa shape index (κ2) is 6.00. The molecule has 2 aromatic rings. The van der Waals surface area contributed by atoms with Crippen LogP contribution in [0.3, 0.4) is 0 Å². The van der Waals surface area contributed by atoms with Crippen LogP contribution in [0.5, 0.6) is 0 Å². The van der Waals surface area contributed by atoms with E-state index in [-0.39, 0.29) is 5.75 Å². The molecular formula is C17H21NO2S. The Balaban J connectivity index is 2.26. The van der Waals surface area contributed by atoms with Gasteiger partial charge >= 0.3 is 0 Å². The molecule has 1 unspecified atom stereocenters. The van der Waals surface area contributed by atoms with E-state index >= 15 is 0 Å². The van der Waals surface area contributed by atoms with Gasteiger partial charge in [0, 0.05) is 6.04 Å². The third kappa shape index (κ3) is 3.71. The summed E-state index contributed by atoms with van der Waals surface area (Å²) in [6.07, 6.45) is 0. The van der Waals surface area contributed by atoms with Crippen molar-refractivity contribution in [2.45, 2.75) is 31.7 Å². The fourth-order valence-corrected chi connectivity index (χ4v) is 4.05. The molecule has 0 saturated heterocycles. The first kappa shape index (κ1) is 15.7. The Bertz CT molecular complexity index is 734. The van der Waals surface area contributed by atoms with Crippen molar-refractivity contribution in [2.75, 3.05) is 5.75 Å². The van der Waals surface area contributed by atoms with Crippen molar-refractivity contribution in [3.63, 3.8) is 0 Å². The maximum Gasteiger partial charge on any atom is 0.180 e. The minimum absolute atomic E-state index is 0.0834. The standard InChI is InChI=1S/C17H21NO2S/c1-12-4-7-15(8-5-12)16(18)11-21(19,20)17-9-6-13(2)10-14(17)3/h4-10,16H,11,18H2,1-3H3. The zero-order valence-corrected chi connectivity index (χ0v) is 13.4. The molecule has 3 nitrogen and oxygen atoms in total. The van der Waals surface area contributed by atoms with Crippen LogP contribution in [-0.4, -0.2) is 14.2 Å². The molecule has 2 N–H and O–H groups in total. The van der Waals surface area contributed by atoms with Gasteiger partial charge in [0.15, 0.2) is 9.84 Å². The van der Waals surface area contributed by atoms with Gasteiger partial charge in [-0.3, -0.25) is 0 Å². The lowest BCUT2D eigenvalue weighted by molar-refractivity contribution is 0.588. The fourth-order valence-electron chi connectivity index (χ4n) is 2.38. The average molecular weight is 303 g/mol.